The zero-order valence-corrected chi connectivity index (χ0v) is 18.0. The summed E-state index contributed by atoms with van der Waals surface area (Å²) in [6.45, 7) is 3.50. The topological polar surface area (TPSA) is 95.4 Å². The molecule has 158 valence electrons. The average Bonchev–Trinajstić information content (AvgIpc) is 2.96. The number of benzene rings is 1. The Morgan fingerprint density at radius 2 is 1.61 bits per heavy atom. The van der Waals surface area contributed by atoms with Crippen LogP contribution in [0.2, 0.25) is 0 Å². The molecule has 1 aliphatic heterocycles. The summed E-state index contributed by atoms with van der Waals surface area (Å²) in [4.78, 5) is 21.1. The van der Waals surface area contributed by atoms with E-state index < -0.39 is 21.4 Å². The van der Waals surface area contributed by atoms with Crippen LogP contribution in [0.4, 0.5) is 0 Å². The van der Waals surface area contributed by atoms with Crippen molar-refractivity contribution >= 4 is 21.4 Å². The van der Waals surface area contributed by atoms with Crippen LogP contribution in [0, 0.1) is 0 Å². The summed E-state index contributed by atoms with van der Waals surface area (Å²) in [6.07, 6.45) is 6.20. The van der Waals surface area contributed by atoms with Gasteiger partial charge in [-0.3, -0.25) is 4.98 Å². The van der Waals surface area contributed by atoms with Gasteiger partial charge in [-0.15, -0.1) is 0 Å². The molecule has 0 saturated heterocycles. The average molecular weight is 436 g/mol. The molecule has 0 fully saturated rings. The van der Waals surface area contributed by atoms with Crippen molar-refractivity contribution in [1.82, 2.24) is 9.97 Å². The fraction of sp³-hybridized carbons (Fsp3) is 0.174. The molecule has 0 radical (unpaired) electrons. The Labute approximate surface area is 180 Å². The first-order valence-corrected chi connectivity index (χ1v) is 11.4. The Hall–Kier alpha value is -3.52. The molecule has 8 heteroatoms. The monoisotopic (exact) mass is 436 g/mol. The summed E-state index contributed by atoms with van der Waals surface area (Å²) >= 11 is 0. The Morgan fingerprint density at radius 3 is 2.19 bits per heavy atom. The second-order valence-electron chi connectivity index (χ2n) is 7.63. The molecule has 0 saturated carbocycles. The molecule has 0 unspecified atom stereocenters. The van der Waals surface area contributed by atoms with Gasteiger partial charge in [0.25, 0.3) is 0 Å². The van der Waals surface area contributed by atoms with Gasteiger partial charge in [-0.25, -0.2) is 18.2 Å². The summed E-state index contributed by atoms with van der Waals surface area (Å²) in [5.41, 5.74) is 1.98. The number of sulfone groups is 1. The van der Waals surface area contributed by atoms with Gasteiger partial charge in [0, 0.05) is 42.0 Å². The molecule has 7 nitrogen and oxygen atoms in total. The number of carbonyl (C=O) groups is 1. The molecule has 0 bridgehead atoms. The van der Waals surface area contributed by atoms with Gasteiger partial charge in [-0.05, 0) is 43.7 Å². The van der Waals surface area contributed by atoms with E-state index in [0.29, 0.717) is 11.1 Å². The van der Waals surface area contributed by atoms with Crippen molar-refractivity contribution in [2.24, 2.45) is 0 Å². The first-order chi connectivity index (χ1) is 14.6. The third-order valence-electron chi connectivity index (χ3n) is 4.87. The first kappa shape index (κ1) is 20.7. The summed E-state index contributed by atoms with van der Waals surface area (Å²) in [6, 6.07) is 13.5. The van der Waals surface area contributed by atoms with Crippen LogP contribution in [0.15, 0.2) is 77.8 Å². The lowest BCUT2D eigenvalue weighted by Gasteiger charge is -2.21. The van der Waals surface area contributed by atoms with E-state index in [2.05, 4.69) is 9.97 Å². The molecule has 0 N–H and O–H groups in total. The summed E-state index contributed by atoms with van der Waals surface area (Å²) in [5, 5.41) is 0. The van der Waals surface area contributed by atoms with Crippen LogP contribution in [0.3, 0.4) is 0 Å². The molecule has 0 aliphatic carbocycles. The number of aromatic nitrogens is 2. The van der Waals surface area contributed by atoms with E-state index in [1.165, 1.54) is 12.1 Å². The van der Waals surface area contributed by atoms with Crippen molar-refractivity contribution in [1.29, 1.82) is 0 Å². The van der Waals surface area contributed by atoms with Gasteiger partial charge in [0.05, 0.1) is 10.5 Å². The highest BCUT2D eigenvalue weighted by Gasteiger charge is 2.43. The number of carbonyl (C=O) groups excluding carboxylic acids is 1. The number of cyclic esters (lactones) is 1. The predicted octanol–water partition coefficient (Wildman–Crippen LogP) is 3.67. The Balaban J connectivity index is 1.69. The number of esters is 1. The van der Waals surface area contributed by atoms with E-state index in [1.807, 2.05) is 18.2 Å². The Kier molecular flexibility index (Phi) is 5.10. The lowest BCUT2D eigenvalue weighted by molar-refractivity contribution is -0.145. The number of rotatable bonds is 5. The second-order valence-corrected chi connectivity index (χ2v) is 9.65. The molecule has 2 aromatic heterocycles. The number of ether oxygens (including phenoxy) is 2. The largest absolute Gasteiger partial charge is 0.449 e. The maximum Gasteiger partial charge on any atom is 0.375 e. The van der Waals surface area contributed by atoms with Gasteiger partial charge in [0.1, 0.15) is 5.60 Å². The molecule has 0 spiro atoms. The molecule has 4 rings (SSSR count). The molecule has 1 aromatic carbocycles. The molecule has 1 aliphatic rings. The van der Waals surface area contributed by atoms with Crippen LogP contribution < -0.4 is 4.74 Å². The summed E-state index contributed by atoms with van der Waals surface area (Å²) in [7, 11) is -3.33. The third kappa shape index (κ3) is 4.20. The normalized spacial score (nSPS) is 15.6. The summed E-state index contributed by atoms with van der Waals surface area (Å²) < 4.78 is 34.8. The molecule has 31 heavy (non-hydrogen) atoms. The minimum Gasteiger partial charge on any atom is -0.449 e. The third-order valence-corrected chi connectivity index (χ3v) is 6.00. The fourth-order valence-corrected chi connectivity index (χ4v) is 4.02. The number of pyridine rings is 2. The van der Waals surface area contributed by atoms with Gasteiger partial charge in [0.2, 0.25) is 11.6 Å². The maximum absolute atomic E-state index is 12.6. The number of hydrogen-bond acceptors (Lipinski definition) is 7. The molecule has 0 atom stereocenters. The van der Waals surface area contributed by atoms with E-state index >= 15 is 0 Å². The van der Waals surface area contributed by atoms with E-state index in [1.54, 1.807) is 50.6 Å². The van der Waals surface area contributed by atoms with Gasteiger partial charge in [-0.2, -0.15) is 0 Å². The van der Waals surface area contributed by atoms with Crippen molar-refractivity contribution in [3.05, 3.63) is 78.4 Å². The van der Waals surface area contributed by atoms with Crippen molar-refractivity contribution in [2.45, 2.75) is 24.3 Å². The zero-order chi connectivity index (χ0) is 22.2. The van der Waals surface area contributed by atoms with E-state index in [9.17, 15) is 13.2 Å². The van der Waals surface area contributed by atoms with E-state index in [-0.39, 0.29) is 16.5 Å². The number of nitrogens with zero attached hydrogens (tertiary/aromatic N) is 2. The van der Waals surface area contributed by atoms with Crippen LogP contribution in [-0.2, 0) is 19.4 Å². The van der Waals surface area contributed by atoms with Crippen LogP contribution in [0.1, 0.15) is 19.4 Å². The lowest BCUT2D eigenvalue weighted by Crippen LogP contribution is -2.22. The van der Waals surface area contributed by atoms with Crippen LogP contribution in [0.25, 0.3) is 16.7 Å². The van der Waals surface area contributed by atoms with Gasteiger partial charge >= 0.3 is 5.97 Å². The minimum absolute atomic E-state index is 0.0266. The van der Waals surface area contributed by atoms with Gasteiger partial charge in [-0.1, -0.05) is 18.2 Å². The Morgan fingerprint density at radius 1 is 0.935 bits per heavy atom. The smallest absolute Gasteiger partial charge is 0.375 e. The Bertz CT molecular complexity index is 1260. The molecular weight excluding hydrogens is 416 g/mol. The van der Waals surface area contributed by atoms with E-state index in [4.69, 9.17) is 9.47 Å². The zero-order valence-electron chi connectivity index (χ0n) is 17.2. The molecule has 0 amide bonds. The molecule has 3 heterocycles. The highest BCUT2D eigenvalue weighted by molar-refractivity contribution is 7.90. The predicted molar refractivity (Wildman–Crippen MR) is 115 cm³/mol. The fourth-order valence-electron chi connectivity index (χ4n) is 3.39. The standard InChI is InChI=1S/C23H20N2O5S/c1-23(2)20(15-6-9-18(10-7-15)31(3,27)28)21(22(26)30-23)29-19-11-8-17(14-25-19)16-5-4-12-24-13-16/h4-14H,1-3H3. The van der Waals surface area contributed by atoms with Gasteiger partial charge < -0.3 is 9.47 Å². The van der Waals surface area contributed by atoms with Crippen molar-refractivity contribution in [2.75, 3.05) is 6.26 Å². The number of hydrogen-bond donors (Lipinski definition) is 0. The SMILES string of the molecule is CC1(C)OC(=O)C(Oc2ccc(-c3cccnc3)cn2)=C1c1ccc(S(C)(=O)=O)cc1. The lowest BCUT2D eigenvalue weighted by atomic mass is 9.92. The van der Waals surface area contributed by atoms with Crippen LogP contribution >= 0.6 is 0 Å². The van der Waals surface area contributed by atoms with Crippen LogP contribution in [0.5, 0.6) is 5.88 Å². The highest BCUT2D eigenvalue weighted by Crippen LogP contribution is 2.40. The van der Waals surface area contributed by atoms with Crippen molar-refractivity contribution < 1.29 is 22.7 Å². The quantitative estimate of drug-likeness (QED) is 0.563. The maximum atomic E-state index is 12.6. The van der Waals surface area contributed by atoms with Crippen molar-refractivity contribution in [3.63, 3.8) is 0 Å². The van der Waals surface area contributed by atoms with E-state index in [0.717, 1.165) is 17.4 Å². The van der Waals surface area contributed by atoms with Gasteiger partial charge in [0.15, 0.2) is 9.84 Å². The summed E-state index contributed by atoms with van der Waals surface area (Å²) in [5.74, 6) is -0.341. The second kappa shape index (κ2) is 7.63. The van der Waals surface area contributed by atoms with Crippen LogP contribution in [-0.4, -0.2) is 36.2 Å². The molecular formula is C23H20N2O5S. The van der Waals surface area contributed by atoms with Crippen molar-refractivity contribution in [3.8, 4) is 17.0 Å². The first-order valence-electron chi connectivity index (χ1n) is 9.48. The minimum atomic E-state index is -3.33. The molecule has 3 aromatic rings. The highest BCUT2D eigenvalue weighted by atomic mass is 32.2.